The van der Waals surface area contributed by atoms with Gasteiger partial charge in [0, 0.05) is 38.6 Å². The number of rotatable bonds is 8. The smallest absolute Gasteiger partial charge is 0.218 e. The number of hydrogen-bond acceptors (Lipinski definition) is 4. The molecule has 24 heavy (non-hydrogen) atoms. The molecule has 0 unspecified atom stereocenters. The highest BCUT2D eigenvalue weighted by Crippen LogP contribution is 2.14. The first-order chi connectivity index (χ1) is 11.7. The number of aromatic nitrogens is 3. The fraction of sp³-hybridized carbons (Fsp3) is 0.471. The molecule has 7 nitrogen and oxygen atoms in total. The Bertz CT molecular complexity index is 652. The summed E-state index contributed by atoms with van der Waals surface area (Å²) >= 11 is 0. The lowest BCUT2D eigenvalue weighted by atomic mass is 10.2. The van der Waals surface area contributed by atoms with Crippen molar-refractivity contribution in [2.24, 2.45) is 12.0 Å². The fourth-order valence-corrected chi connectivity index (χ4v) is 2.15. The van der Waals surface area contributed by atoms with Crippen LogP contribution in [0.1, 0.15) is 31.0 Å². The summed E-state index contributed by atoms with van der Waals surface area (Å²) in [6, 6.07) is 5.90. The second-order valence-corrected chi connectivity index (χ2v) is 5.40. The molecule has 0 atom stereocenters. The number of aryl methyl sites for hydroxylation is 1. The lowest BCUT2D eigenvalue weighted by Gasteiger charge is -2.14. The zero-order valence-electron chi connectivity index (χ0n) is 14.6. The summed E-state index contributed by atoms with van der Waals surface area (Å²) in [6.45, 7) is 4.08. The topological polar surface area (TPSA) is 76.4 Å². The molecule has 0 amide bonds. The van der Waals surface area contributed by atoms with Crippen LogP contribution in [0.4, 0.5) is 0 Å². The van der Waals surface area contributed by atoms with Gasteiger partial charge in [0.1, 0.15) is 0 Å². The van der Waals surface area contributed by atoms with Crippen LogP contribution in [0.25, 0.3) is 0 Å². The van der Waals surface area contributed by atoms with E-state index in [1.54, 1.807) is 19.4 Å². The number of pyridine rings is 1. The Morgan fingerprint density at radius 3 is 2.79 bits per heavy atom. The summed E-state index contributed by atoms with van der Waals surface area (Å²) in [5, 5.41) is 10.7. The predicted molar refractivity (Wildman–Crippen MR) is 94.9 cm³/mol. The van der Waals surface area contributed by atoms with Crippen LogP contribution in [0.15, 0.2) is 35.6 Å². The number of guanidine groups is 1. The average molecular weight is 330 g/mol. The van der Waals surface area contributed by atoms with Gasteiger partial charge in [0.25, 0.3) is 0 Å². The van der Waals surface area contributed by atoms with Gasteiger partial charge in [-0.15, -0.1) is 0 Å². The summed E-state index contributed by atoms with van der Waals surface area (Å²) in [6.07, 6.45) is 5.66. The summed E-state index contributed by atoms with van der Waals surface area (Å²) < 4.78 is 7.59. The van der Waals surface area contributed by atoms with Gasteiger partial charge in [-0.2, -0.15) is 5.10 Å². The normalized spacial score (nSPS) is 11.4. The molecule has 0 saturated carbocycles. The number of nitrogens with zero attached hydrogens (tertiary/aromatic N) is 4. The largest absolute Gasteiger partial charge is 0.477 e. The van der Waals surface area contributed by atoms with Crippen LogP contribution in [0.2, 0.25) is 0 Å². The second-order valence-electron chi connectivity index (χ2n) is 5.40. The molecule has 2 aromatic rings. The van der Waals surface area contributed by atoms with Crippen molar-refractivity contribution in [3.63, 3.8) is 0 Å². The molecule has 0 fully saturated rings. The maximum absolute atomic E-state index is 5.76. The highest BCUT2D eigenvalue weighted by molar-refractivity contribution is 5.79. The minimum atomic E-state index is 0.598. The third kappa shape index (κ3) is 5.26. The Kier molecular flexibility index (Phi) is 7.07. The van der Waals surface area contributed by atoms with Gasteiger partial charge in [0.15, 0.2) is 5.96 Å². The van der Waals surface area contributed by atoms with Crippen LogP contribution in [-0.2, 0) is 20.1 Å². The van der Waals surface area contributed by atoms with Gasteiger partial charge >= 0.3 is 0 Å². The Labute approximate surface area is 143 Å². The lowest BCUT2D eigenvalue weighted by molar-refractivity contribution is 0.294. The van der Waals surface area contributed by atoms with Gasteiger partial charge in [-0.3, -0.25) is 9.67 Å². The molecule has 0 radical (unpaired) electrons. The molecule has 0 bridgehead atoms. The monoisotopic (exact) mass is 330 g/mol. The van der Waals surface area contributed by atoms with E-state index in [9.17, 15) is 0 Å². The molecule has 0 aliphatic heterocycles. The van der Waals surface area contributed by atoms with Crippen molar-refractivity contribution >= 4 is 5.96 Å². The van der Waals surface area contributed by atoms with E-state index in [1.807, 2.05) is 29.9 Å². The van der Waals surface area contributed by atoms with Gasteiger partial charge in [-0.05, 0) is 18.6 Å². The van der Waals surface area contributed by atoms with E-state index >= 15 is 0 Å². The second kappa shape index (κ2) is 9.54. The summed E-state index contributed by atoms with van der Waals surface area (Å²) in [5.74, 6) is 1.40. The van der Waals surface area contributed by atoms with Gasteiger partial charge in [0.2, 0.25) is 5.88 Å². The first kappa shape index (κ1) is 17.8. The number of ether oxygens (including phenoxy) is 1. The van der Waals surface area contributed by atoms with E-state index in [1.165, 1.54) is 0 Å². The summed E-state index contributed by atoms with van der Waals surface area (Å²) in [4.78, 5) is 8.56. The molecule has 130 valence electrons. The fourth-order valence-electron chi connectivity index (χ4n) is 2.15. The van der Waals surface area contributed by atoms with Gasteiger partial charge in [-0.25, -0.2) is 4.98 Å². The maximum atomic E-state index is 5.76. The summed E-state index contributed by atoms with van der Waals surface area (Å²) in [5.41, 5.74) is 2.10. The van der Waals surface area contributed by atoms with Crippen molar-refractivity contribution in [3.05, 3.63) is 41.9 Å². The predicted octanol–water partition coefficient (Wildman–Crippen LogP) is 1.86. The van der Waals surface area contributed by atoms with E-state index in [-0.39, 0.29) is 0 Å². The highest BCUT2D eigenvalue weighted by atomic mass is 16.5. The zero-order valence-corrected chi connectivity index (χ0v) is 14.6. The standard InChI is InChI=1S/C17H26N6O/c1-4-5-11-24-16-14(7-6-9-19-16)12-20-17(18-2)21-13-15-8-10-22-23(15)3/h6-10H,4-5,11-13H2,1-3H3,(H2,18,20,21). The molecular weight excluding hydrogens is 304 g/mol. The number of unbranched alkanes of at least 4 members (excludes halogenated alkanes) is 1. The van der Waals surface area contributed by atoms with Crippen molar-refractivity contribution in [1.29, 1.82) is 0 Å². The quantitative estimate of drug-likeness (QED) is 0.439. The van der Waals surface area contributed by atoms with Crippen molar-refractivity contribution in [2.75, 3.05) is 13.7 Å². The Hall–Kier alpha value is -2.57. The molecule has 0 spiro atoms. The number of aliphatic imine (C=N–C) groups is 1. The van der Waals surface area contributed by atoms with E-state index < -0.39 is 0 Å². The van der Waals surface area contributed by atoms with Crippen LogP contribution in [0, 0.1) is 0 Å². The minimum absolute atomic E-state index is 0.598. The lowest BCUT2D eigenvalue weighted by Crippen LogP contribution is -2.36. The molecule has 7 heteroatoms. The van der Waals surface area contributed by atoms with E-state index in [2.05, 4.69) is 32.6 Å². The molecule has 0 aliphatic rings. The van der Waals surface area contributed by atoms with Crippen LogP contribution < -0.4 is 15.4 Å². The van der Waals surface area contributed by atoms with Gasteiger partial charge in [-0.1, -0.05) is 19.4 Å². The maximum Gasteiger partial charge on any atom is 0.218 e. The molecule has 0 saturated heterocycles. The zero-order chi connectivity index (χ0) is 17.2. The first-order valence-corrected chi connectivity index (χ1v) is 8.22. The molecule has 0 aliphatic carbocycles. The van der Waals surface area contributed by atoms with E-state index in [0.29, 0.717) is 25.6 Å². The Morgan fingerprint density at radius 2 is 2.08 bits per heavy atom. The number of hydrogen-bond donors (Lipinski definition) is 2. The Balaban J connectivity index is 1.87. The van der Waals surface area contributed by atoms with E-state index in [0.717, 1.165) is 30.1 Å². The first-order valence-electron chi connectivity index (χ1n) is 8.22. The highest BCUT2D eigenvalue weighted by Gasteiger charge is 2.06. The minimum Gasteiger partial charge on any atom is -0.477 e. The van der Waals surface area contributed by atoms with E-state index in [4.69, 9.17) is 4.74 Å². The molecular formula is C17H26N6O. The molecule has 2 N–H and O–H groups in total. The third-order valence-electron chi connectivity index (χ3n) is 3.62. The van der Waals surface area contributed by atoms with Crippen LogP contribution >= 0.6 is 0 Å². The average Bonchev–Trinajstić information content (AvgIpc) is 3.01. The van der Waals surface area contributed by atoms with Crippen molar-refractivity contribution < 1.29 is 4.74 Å². The molecule has 0 aromatic carbocycles. The molecule has 2 rings (SSSR count). The summed E-state index contributed by atoms with van der Waals surface area (Å²) in [7, 11) is 3.67. The SMILES string of the molecule is CCCCOc1ncccc1CNC(=NC)NCc1ccnn1C. The third-order valence-corrected chi connectivity index (χ3v) is 3.62. The van der Waals surface area contributed by atoms with Crippen molar-refractivity contribution in [2.45, 2.75) is 32.9 Å². The van der Waals surface area contributed by atoms with Crippen molar-refractivity contribution in [3.8, 4) is 5.88 Å². The Morgan fingerprint density at radius 1 is 1.25 bits per heavy atom. The van der Waals surface area contributed by atoms with Crippen molar-refractivity contribution in [1.82, 2.24) is 25.4 Å². The van der Waals surface area contributed by atoms with Crippen LogP contribution in [-0.4, -0.2) is 34.4 Å². The van der Waals surface area contributed by atoms with Gasteiger partial charge in [0.05, 0.1) is 18.8 Å². The van der Waals surface area contributed by atoms with Gasteiger partial charge < -0.3 is 15.4 Å². The van der Waals surface area contributed by atoms with Crippen LogP contribution in [0.5, 0.6) is 5.88 Å². The number of nitrogens with one attached hydrogen (secondary N) is 2. The molecule has 2 heterocycles. The van der Waals surface area contributed by atoms with Crippen LogP contribution in [0.3, 0.4) is 0 Å². The molecule has 2 aromatic heterocycles.